The highest BCUT2D eigenvalue weighted by molar-refractivity contribution is 5.54. The van der Waals surface area contributed by atoms with Crippen LogP contribution in [-0.2, 0) is 5.41 Å². The first kappa shape index (κ1) is 26.1. The van der Waals surface area contributed by atoms with Gasteiger partial charge in [0.1, 0.15) is 41.8 Å². The molecule has 0 aliphatic carbocycles. The maximum atomic E-state index is 12.0. The molecular weight excluding hydrogens is 468 g/mol. The van der Waals surface area contributed by atoms with Crippen molar-refractivity contribution < 1.29 is 29.2 Å². The molecule has 0 fully saturated rings. The Morgan fingerprint density at radius 1 is 0.541 bits per heavy atom. The second kappa shape index (κ2) is 11.8. The molecule has 37 heavy (non-hydrogen) atoms. The molecule has 2 atom stereocenters. The van der Waals surface area contributed by atoms with E-state index in [-0.39, 0.29) is 6.61 Å². The average Bonchev–Trinajstić information content (AvgIpc) is 2.97. The van der Waals surface area contributed by atoms with Gasteiger partial charge in [-0.2, -0.15) is 0 Å². The lowest BCUT2D eigenvalue weighted by Gasteiger charge is -2.42. The Morgan fingerprint density at radius 3 is 1.35 bits per heavy atom. The first-order valence-electron chi connectivity index (χ1n) is 12.0. The van der Waals surface area contributed by atoms with Crippen LogP contribution in [0.2, 0.25) is 0 Å². The lowest BCUT2D eigenvalue weighted by molar-refractivity contribution is -0.0321. The molecule has 192 valence electrons. The molecule has 0 aliphatic heterocycles. The van der Waals surface area contributed by atoms with Gasteiger partial charge in [-0.1, -0.05) is 54.6 Å². The van der Waals surface area contributed by atoms with E-state index in [0.717, 1.165) is 16.7 Å². The van der Waals surface area contributed by atoms with Crippen molar-refractivity contribution in [1.82, 2.24) is 0 Å². The Balaban J connectivity index is 1.80. The number of aliphatic hydroxyl groups excluding tert-OH is 2. The summed E-state index contributed by atoms with van der Waals surface area (Å²) in [5, 5.41) is 23.3. The van der Waals surface area contributed by atoms with E-state index in [0.29, 0.717) is 23.0 Å². The van der Waals surface area contributed by atoms with Gasteiger partial charge in [0.25, 0.3) is 0 Å². The topological polar surface area (TPSA) is 77.4 Å². The molecule has 2 unspecified atom stereocenters. The monoisotopic (exact) mass is 500 g/mol. The lowest BCUT2D eigenvalue weighted by Crippen LogP contribution is -2.50. The summed E-state index contributed by atoms with van der Waals surface area (Å²) in [6, 6.07) is 31.8. The van der Waals surface area contributed by atoms with Crippen LogP contribution in [0.25, 0.3) is 0 Å². The van der Waals surface area contributed by atoms with Gasteiger partial charge >= 0.3 is 0 Å². The summed E-state index contributed by atoms with van der Waals surface area (Å²) in [4.78, 5) is 0. The van der Waals surface area contributed by atoms with Crippen LogP contribution in [0.5, 0.6) is 23.0 Å². The third-order valence-corrected chi connectivity index (χ3v) is 6.61. The Kier molecular flexibility index (Phi) is 8.33. The quantitative estimate of drug-likeness (QED) is 0.287. The number of methoxy groups -OCH3 is 3. The van der Waals surface area contributed by atoms with Crippen LogP contribution in [0.15, 0.2) is 103 Å². The van der Waals surface area contributed by atoms with Gasteiger partial charge in [0.15, 0.2) is 0 Å². The number of rotatable bonds is 11. The third kappa shape index (κ3) is 5.40. The molecule has 0 aliphatic rings. The molecule has 4 aromatic rings. The molecule has 0 amide bonds. The number of ether oxygens (including phenoxy) is 4. The van der Waals surface area contributed by atoms with Crippen LogP contribution in [0.3, 0.4) is 0 Å². The van der Waals surface area contributed by atoms with Crippen molar-refractivity contribution in [2.75, 3.05) is 27.9 Å². The minimum atomic E-state index is -1.27. The van der Waals surface area contributed by atoms with Crippen molar-refractivity contribution in [2.45, 2.75) is 17.6 Å². The van der Waals surface area contributed by atoms with Crippen LogP contribution < -0.4 is 18.9 Å². The average molecular weight is 501 g/mol. The Bertz CT molecular complexity index is 1190. The standard InChI is InChI=1S/C31H32O6/c1-34-25-13-9-23(10-14-25)31(22-7-5-4-6-8-22,24-11-15-26(35-2)16-12-24)30(33)29(32)21-37-28-19-17-27(36-3)18-20-28/h4-20,29-30,32-33H,21H2,1-3H3. The zero-order valence-electron chi connectivity index (χ0n) is 21.2. The summed E-state index contributed by atoms with van der Waals surface area (Å²) in [6.07, 6.45) is -2.50. The molecule has 0 radical (unpaired) electrons. The van der Waals surface area contributed by atoms with Gasteiger partial charge in [-0.3, -0.25) is 0 Å². The fourth-order valence-electron chi connectivity index (χ4n) is 4.65. The van der Waals surface area contributed by atoms with E-state index in [1.807, 2.05) is 78.9 Å². The van der Waals surface area contributed by atoms with Crippen molar-refractivity contribution in [3.8, 4) is 23.0 Å². The maximum absolute atomic E-state index is 12.0. The van der Waals surface area contributed by atoms with Crippen LogP contribution in [0.4, 0.5) is 0 Å². The summed E-state index contributed by atoms with van der Waals surface area (Å²) in [5.74, 6) is 2.65. The van der Waals surface area contributed by atoms with Crippen molar-refractivity contribution in [2.24, 2.45) is 0 Å². The number of aliphatic hydroxyl groups is 2. The SMILES string of the molecule is COc1ccc(OCC(O)C(O)C(c2ccccc2)(c2ccc(OC)cc2)c2ccc(OC)cc2)cc1. The summed E-state index contributed by atoms with van der Waals surface area (Å²) in [5.41, 5.74) is 1.28. The van der Waals surface area contributed by atoms with Gasteiger partial charge in [-0.15, -0.1) is 0 Å². The highest BCUT2D eigenvalue weighted by atomic mass is 16.5. The molecule has 6 nitrogen and oxygen atoms in total. The van der Waals surface area contributed by atoms with Crippen molar-refractivity contribution in [3.05, 3.63) is 120 Å². The van der Waals surface area contributed by atoms with E-state index in [2.05, 4.69) is 0 Å². The summed E-state index contributed by atoms with van der Waals surface area (Å²) < 4.78 is 21.8. The van der Waals surface area contributed by atoms with E-state index in [1.54, 1.807) is 45.6 Å². The van der Waals surface area contributed by atoms with Gasteiger partial charge in [0.05, 0.1) is 26.7 Å². The molecule has 4 rings (SSSR count). The van der Waals surface area contributed by atoms with Crippen LogP contribution >= 0.6 is 0 Å². The molecule has 0 bridgehead atoms. The zero-order valence-corrected chi connectivity index (χ0v) is 21.2. The molecule has 6 heteroatoms. The largest absolute Gasteiger partial charge is 0.497 e. The predicted octanol–water partition coefficient (Wildman–Crippen LogP) is 4.85. The minimum Gasteiger partial charge on any atom is -0.497 e. The summed E-state index contributed by atoms with van der Waals surface area (Å²) >= 11 is 0. The van der Waals surface area contributed by atoms with E-state index in [1.165, 1.54) is 0 Å². The van der Waals surface area contributed by atoms with Crippen LogP contribution in [-0.4, -0.2) is 50.4 Å². The summed E-state index contributed by atoms with van der Waals surface area (Å²) in [7, 11) is 4.81. The number of benzene rings is 4. The number of hydrogen-bond acceptors (Lipinski definition) is 6. The fraction of sp³-hybridized carbons (Fsp3) is 0.226. The molecule has 4 aromatic carbocycles. The first-order chi connectivity index (χ1) is 18.0. The second-order valence-electron chi connectivity index (χ2n) is 8.63. The van der Waals surface area contributed by atoms with Crippen LogP contribution in [0, 0.1) is 0 Å². The first-order valence-corrected chi connectivity index (χ1v) is 12.0. The van der Waals surface area contributed by atoms with E-state index in [9.17, 15) is 10.2 Å². The smallest absolute Gasteiger partial charge is 0.119 e. The minimum absolute atomic E-state index is 0.117. The molecular formula is C31H32O6. The van der Waals surface area contributed by atoms with Gasteiger partial charge in [0, 0.05) is 0 Å². The van der Waals surface area contributed by atoms with E-state index >= 15 is 0 Å². The third-order valence-electron chi connectivity index (χ3n) is 6.61. The highest BCUT2D eigenvalue weighted by Gasteiger charge is 2.46. The predicted molar refractivity (Wildman–Crippen MR) is 143 cm³/mol. The molecule has 0 saturated heterocycles. The normalized spacial score (nSPS) is 12.9. The Morgan fingerprint density at radius 2 is 0.919 bits per heavy atom. The zero-order chi connectivity index (χ0) is 26.3. The molecule has 0 spiro atoms. The molecule has 2 N–H and O–H groups in total. The Hall–Kier alpha value is -4.00. The van der Waals surface area contributed by atoms with Gasteiger partial charge in [-0.25, -0.2) is 0 Å². The molecule has 0 saturated carbocycles. The number of hydrogen-bond donors (Lipinski definition) is 2. The van der Waals surface area contributed by atoms with Crippen molar-refractivity contribution in [1.29, 1.82) is 0 Å². The Labute approximate surface area is 217 Å². The van der Waals surface area contributed by atoms with E-state index in [4.69, 9.17) is 18.9 Å². The van der Waals surface area contributed by atoms with Crippen LogP contribution in [0.1, 0.15) is 16.7 Å². The van der Waals surface area contributed by atoms with Gasteiger partial charge < -0.3 is 29.2 Å². The van der Waals surface area contributed by atoms with E-state index < -0.39 is 17.6 Å². The van der Waals surface area contributed by atoms with Gasteiger partial charge in [0.2, 0.25) is 0 Å². The summed E-state index contributed by atoms with van der Waals surface area (Å²) in [6.45, 7) is -0.117. The van der Waals surface area contributed by atoms with Crippen molar-refractivity contribution in [3.63, 3.8) is 0 Å². The maximum Gasteiger partial charge on any atom is 0.119 e. The fourth-order valence-corrected chi connectivity index (χ4v) is 4.65. The van der Waals surface area contributed by atoms with Crippen molar-refractivity contribution >= 4 is 0 Å². The van der Waals surface area contributed by atoms with Gasteiger partial charge in [-0.05, 0) is 65.2 Å². The molecule has 0 heterocycles. The second-order valence-corrected chi connectivity index (χ2v) is 8.63. The molecule has 0 aromatic heterocycles. The lowest BCUT2D eigenvalue weighted by atomic mass is 9.64. The highest BCUT2D eigenvalue weighted by Crippen LogP contribution is 2.44.